The highest BCUT2D eigenvalue weighted by Crippen LogP contribution is 2.29. The molecule has 1 aromatic carbocycles. The first-order valence-electron chi connectivity index (χ1n) is 11.9. The topological polar surface area (TPSA) is 92.3 Å². The lowest BCUT2D eigenvalue weighted by Gasteiger charge is -2.46. The van der Waals surface area contributed by atoms with Gasteiger partial charge in [-0.2, -0.15) is 0 Å². The number of rotatable bonds is 5. The summed E-state index contributed by atoms with van der Waals surface area (Å²) in [5.41, 5.74) is 0. The smallest absolute Gasteiger partial charge is 0.420 e. The molecule has 0 bridgehead atoms. The van der Waals surface area contributed by atoms with Crippen LogP contribution in [-0.2, 0) is 41.2 Å². The molecule has 2 heterocycles. The van der Waals surface area contributed by atoms with Gasteiger partial charge in [-0.1, -0.05) is 30.3 Å². The van der Waals surface area contributed by atoms with Gasteiger partial charge in [-0.3, -0.25) is 0 Å². The predicted molar refractivity (Wildman–Crippen MR) is 154 cm³/mol. The SMILES string of the molecule is C[SiH]1O[SiH](C)O[Si](C)(O[Si](C)(O[Si]2(C)O[SiH](C)O[SiH](C)O[Si](C)(C)O2)c2ccccc2)O[SiH](C)O1. The molecule has 3 rings (SSSR count). The summed E-state index contributed by atoms with van der Waals surface area (Å²) in [6, 6.07) is 9.96. The van der Waals surface area contributed by atoms with Crippen molar-refractivity contribution in [2.24, 2.45) is 0 Å². The Morgan fingerprint density at radius 1 is 0.629 bits per heavy atom. The summed E-state index contributed by atoms with van der Waals surface area (Å²) in [5.74, 6) is 0. The van der Waals surface area contributed by atoms with E-state index in [0.29, 0.717) is 0 Å². The van der Waals surface area contributed by atoms with Crippen LogP contribution < -0.4 is 5.19 Å². The maximum absolute atomic E-state index is 6.93. The van der Waals surface area contributed by atoms with Crippen LogP contribution in [0.2, 0.25) is 65.5 Å². The van der Waals surface area contributed by atoms with Crippen molar-refractivity contribution in [1.29, 1.82) is 0 Å². The van der Waals surface area contributed by atoms with Crippen molar-refractivity contribution < 1.29 is 41.2 Å². The van der Waals surface area contributed by atoms with Crippen LogP contribution in [0.1, 0.15) is 0 Å². The lowest BCUT2D eigenvalue weighted by atomic mass is 10.4. The molecule has 0 radical (unpaired) electrons. The summed E-state index contributed by atoms with van der Waals surface area (Å²) in [4.78, 5) is 0. The molecule has 35 heavy (non-hydrogen) atoms. The van der Waals surface area contributed by atoms with E-state index in [0.717, 1.165) is 5.19 Å². The van der Waals surface area contributed by atoms with E-state index in [4.69, 9.17) is 41.2 Å². The first-order chi connectivity index (χ1) is 16.1. The number of hydrogen-bond donors (Lipinski definition) is 0. The normalized spacial score (nSPS) is 40.6. The zero-order valence-corrected chi connectivity index (χ0v) is 32.1. The van der Waals surface area contributed by atoms with Crippen molar-refractivity contribution in [2.45, 2.75) is 65.5 Å². The highest BCUT2D eigenvalue weighted by Gasteiger charge is 2.56. The zero-order valence-electron chi connectivity index (χ0n) is 22.4. The molecule has 0 spiro atoms. The third-order valence-corrected chi connectivity index (χ3v) is 38.1. The molecular weight excluding hydrogens is 605 g/mol. The first-order valence-corrected chi connectivity index (χ1v) is 32.0. The molecular formula is C16H40O10Si9. The van der Waals surface area contributed by atoms with Gasteiger partial charge in [0.2, 0.25) is 0 Å². The lowest BCUT2D eigenvalue weighted by Crippen LogP contribution is -2.69. The Morgan fingerprint density at radius 2 is 1.06 bits per heavy atom. The molecule has 1 aromatic rings. The van der Waals surface area contributed by atoms with E-state index in [-0.39, 0.29) is 0 Å². The van der Waals surface area contributed by atoms with E-state index in [2.05, 4.69) is 0 Å². The minimum atomic E-state index is -3.24. The lowest BCUT2D eigenvalue weighted by molar-refractivity contribution is 0.167. The summed E-state index contributed by atoms with van der Waals surface area (Å²) >= 11 is 0. The van der Waals surface area contributed by atoms with Crippen molar-refractivity contribution >= 4 is 86.3 Å². The molecule has 0 aliphatic carbocycles. The molecule has 2 aliphatic rings. The molecule has 0 amide bonds. The summed E-state index contributed by atoms with van der Waals surface area (Å²) in [5, 5.41) is 0.942. The highest BCUT2D eigenvalue weighted by molar-refractivity contribution is 6.95. The second-order valence-corrected chi connectivity index (χ2v) is 33.3. The van der Waals surface area contributed by atoms with Crippen LogP contribution in [0.4, 0.5) is 0 Å². The van der Waals surface area contributed by atoms with Crippen molar-refractivity contribution in [2.75, 3.05) is 0 Å². The van der Waals surface area contributed by atoms with E-state index in [1.807, 2.05) is 95.8 Å². The zero-order chi connectivity index (χ0) is 26.1. The quantitative estimate of drug-likeness (QED) is 0.436. The average Bonchev–Trinajstić information content (AvgIpc) is 2.63. The second-order valence-electron chi connectivity index (χ2n) is 9.46. The molecule has 200 valence electrons. The Labute approximate surface area is 222 Å². The largest absolute Gasteiger partial charge is 0.470 e. The van der Waals surface area contributed by atoms with Crippen LogP contribution in [0.5, 0.6) is 0 Å². The Hall–Kier alpha value is 0.772. The van der Waals surface area contributed by atoms with Gasteiger partial charge in [-0.15, -0.1) is 0 Å². The van der Waals surface area contributed by atoms with E-state index in [1.54, 1.807) is 0 Å². The third kappa shape index (κ3) is 8.90. The van der Waals surface area contributed by atoms with E-state index >= 15 is 0 Å². The summed E-state index contributed by atoms with van der Waals surface area (Å²) < 4.78 is 64.4. The predicted octanol–water partition coefficient (Wildman–Crippen LogP) is 1.25. The van der Waals surface area contributed by atoms with Crippen LogP contribution >= 0.6 is 0 Å². The van der Waals surface area contributed by atoms with Crippen LogP contribution in [0.3, 0.4) is 0 Å². The van der Waals surface area contributed by atoms with E-state index < -0.39 is 81.1 Å². The van der Waals surface area contributed by atoms with Crippen LogP contribution in [0.25, 0.3) is 0 Å². The van der Waals surface area contributed by atoms with E-state index in [9.17, 15) is 0 Å². The molecule has 10 nitrogen and oxygen atoms in total. The van der Waals surface area contributed by atoms with Crippen molar-refractivity contribution in [3.05, 3.63) is 30.3 Å². The summed E-state index contributed by atoms with van der Waals surface area (Å²) in [6.45, 7) is 19.9. The minimum absolute atomic E-state index is 0.942. The number of benzene rings is 1. The fourth-order valence-corrected chi connectivity index (χ4v) is 41.0. The van der Waals surface area contributed by atoms with Gasteiger partial charge < -0.3 is 41.2 Å². The standard InChI is InChI=1S/C16H40O10Si9/c1-27-17-29(3)21-34(9,22-30(4)18-27)25-33(8,16-14-12-11-13-15-16)26-35(10)23-31(5)19-28(2)20-32(6,7)24-35/h11-15,27-31H,1-10H3. The first kappa shape index (κ1) is 30.3. The molecule has 19 heteroatoms. The van der Waals surface area contributed by atoms with Gasteiger partial charge in [0.25, 0.3) is 18.6 Å². The Kier molecular flexibility index (Phi) is 10.3. The maximum Gasteiger partial charge on any atom is 0.470 e. The minimum Gasteiger partial charge on any atom is -0.420 e. The molecule has 2 saturated heterocycles. The molecule has 2 aliphatic heterocycles. The van der Waals surface area contributed by atoms with Crippen molar-refractivity contribution in [3.8, 4) is 0 Å². The Balaban J connectivity index is 1.96. The second kappa shape index (κ2) is 11.9. The summed E-state index contributed by atoms with van der Waals surface area (Å²) in [6.07, 6.45) is 0. The molecule has 0 aromatic heterocycles. The van der Waals surface area contributed by atoms with Crippen molar-refractivity contribution in [3.63, 3.8) is 0 Å². The van der Waals surface area contributed by atoms with Gasteiger partial charge >= 0.3 is 62.6 Å². The van der Waals surface area contributed by atoms with Crippen LogP contribution in [-0.4, -0.2) is 81.1 Å². The average molecular weight is 645 g/mol. The van der Waals surface area contributed by atoms with Gasteiger partial charge in [-0.25, -0.2) is 0 Å². The van der Waals surface area contributed by atoms with Crippen LogP contribution in [0, 0.1) is 0 Å². The fourth-order valence-electron chi connectivity index (χ4n) is 4.46. The Bertz CT molecular complexity index is 829. The number of hydrogen-bond acceptors (Lipinski definition) is 10. The summed E-state index contributed by atoms with van der Waals surface area (Å²) in [7, 11) is -21.8. The van der Waals surface area contributed by atoms with Gasteiger partial charge in [0.1, 0.15) is 0 Å². The molecule has 0 saturated carbocycles. The molecule has 6 unspecified atom stereocenters. The maximum atomic E-state index is 6.93. The highest BCUT2D eigenvalue weighted by atomic mass is 28.5. The Morgan fingerprint density at radius 3 is 1.60 bits per heavy atom. The van der Waals surface area contributed by atoms with E-state index in [1.165, 1.54) is 0 Å². The van der Waals surface area contributed by atoms with Gasteiger partial charge in [-0.05, 0) is 57.6 Å². The van der Waals surface area contributed by atoms with Gasteiger partial charge in [0.15, 0.2) is 0 Å². The van der Waals surface area contributed by atoms with Gasteiger partial charge in [0.05, 0.1) is 0 Å². The monoisotopic (exact) mass is 644 g/mol. The molecule has 6 atom stereocenters. The molecule has 2 fully saturated rings. The molecule has 0 N–H and O–H groups in total. The van der Waals surface area contributed by atoms with Crippen LogP contribution in [0.15, 0.2) is 30.3 Å². The fraction of sp³-hybridized carbons (Fsp3) is 0.625. The van der Waals surface area contributed by atoms with Crippen molar-refractivity contribution in [1.82, 2.24) is 0 Å². The third-order valence-electron chi connectivity index (χ3n) is 5.23. The van der Waals surface area contributed by atoms with Gasteiger partial charge in [0, 0.05) is 13.1 Å².